The number of esters is 2. The Balaban J connectivity index is 4.36. The van der Waals surface area contributed by atoms with Crippen LogP contribution in [0, 0.1) is 0 Å². The van der Waals surface area contributed by atoms with Crippen molar-refractivity contribution in [2.24, 2.45) is 0 Å². The van der Waals surface area contributed by atoms with E-state index < -0.39 is 51.8 Å². The fraction of sp³-hybridized carbons (Fsp3) is 0.739. The molecule has 0 saturated heterocycles. The molecule has 0 aromatic carbocycles. The summed E-state index contributed by atoms with van der Waals surface area (Å²) < 4.78 is 32.7. The smallest absolute Gasteiger partial charge is 0.462 e. The predicted molar refractivity (Wildman–Crippen MR) is 233 cm³/mol. The number of allylic oxidation sites excluding steroid dienone is 10. The van der Waals surface area contributed by atoms with Gasteiger partial charge in [-0.1, -0.05) is 177 Å². The SMILES string of the molecule is CC/C=C\C/C=C\C/C=C\C/C=C\C/C=C\CCCC(=O)OC(COC(=O)CCCCCCCCCCCCCCCCCCC)COP(=O)(O)OCC(O)CO. The summed E-state index contributed by atoms with van der Waals surface area (Å²) in [6.45, 7) is 2.21. The Morgan fingerprint density at radius 2 is 0.965 bits per heavy atom. The van der Waals surface area contributed by atoms with Gasteiger partial charge in [-0.3, -0.25) is 18.6 Å². The molecule has 11 heteroatoms. The summed E-state index contributed by atoms with van der Waals surface area (Å²) in [6.07, 6.45) is 46.2. The van der Waals surface area contributed by atoms with Gasteiger partial charge in [0.15, 0.2) is 6.10 Å². The number of unbranched alkanes of at least 4 members (excludes halogenated alkanes) is 17. The summed E-state index contributed by atoms with van der Waals surface area (Å²) in [6, 6.07) is 0. The van der Waals surface area contributed by atoms with Gasteiger partial charge >= 0.3 is 19.8 Å². The fourth-order valence-corrected chi connectivity index (χ4v) is 6.58. The molecule has 3 N–H and O–H groups in total. The van der Waals surface area contributed by atoms with Crippen molar-refractivity contribution in [3.63, 3.8) is 0 Å². The highest BCUT2D eigenvalue weighted by Crippen LogP contribution is 2.43. The van der Waals surface area contributed by atoms with Crippen LogP contribution in [-0.2, 0) is 32.7 Å². The van der Waals surface area contributed by atoms with Crippen molar-refractivity contribution < 1.29 is 47.8 Å². The second-order valence-electron chi connectivity index (χ2n) is 14.7. The van der Waals surface area contributed by atoms with Crippen LogP contribution in [0.15, 0.2) is 60.8 Å². The minimum Gasteiger partial charge on any atom is -0.462 e. The molecule has 0 aliphatic rings. The van der Waals surface area contributed by atoms with E-state index in [4.69, 9.17) is 19.1 Å². The summed E-state index contributed by atoms with van der Waals surface area (Å²) in [5.41, 5.74) is 0. The van der Waals surface area contributed by atoms with E-state index in [9.17, 15) is 24.2 Å². The van der Waals surface area contributed by atoms with Gasteiger partial charge in [0, 0.05) is 12.8 Å². The number of hydrogen-bond acceptors (Lipinski definition) is 9. The Morgan fingerprint density at radius 1 is 0.544 bits per heavy atom. The zero-order chi connectivity index (χ0) is 41.9. The first-order chi connectivity index (χ1) is 27.7. The van der Waals surface area contributed by atoms with Crippen molar-refractivity contribution in [1.29, 1.82) is 0 Å². The van der Waals surface area contributed by atoms with Crippen molar-refractivity contribution in [3.05, 3.63) is 60.8 Å². The second-order valence-corrected chi connectivity index (χ2v) is 16.2. The molecule has 0 fully saturated rings. The monoisotopic (exact) mass is 825 g/mol. The first-order valence-corrected chi connectivity index (χ1v) is 23.7. The van der Waals surface area contributed by atoms with Crippen LogP contribution in [0.25, 0.3) is 0 Å². The number of phosphoric acid groups is 1. The molecular formula is C46H81O10P. The maximum absolute atomic E-state index is 12.6. The lowest BCUT2D eigenvalue weighted by atomic mass is 10.0. The first kappa shape index (κ1) is 54.7. The van der Waals surface area contributed by atoms with E-state index in [1.165, 1.54) is 83.5 Å². The van der Waals surface area contributed by atoms with E-state index in [-0.39, 0.29) is 19.4 Å². The molecule has 3 atom stereocenters. The molecule has 0 rings (SSSR count). The van der Waals surface area contributed by atoms with Gasteiger partial charge in [0.1, 0.15) is 12.7 Å². The fourth-order valence-electron chi connectivity index (χ4n) is 5.79. The van der Waals surface area contributed by atoms with Gasteiger partial charge in [-0.2, -0.15) is 0 Å². The van der Waals surface area contributed by atoms with E-state index in [1.54, 1.807) is 0 Å². The standard InChI is InChI=1S/C46H81O10P/c1-3-5-7-9-11-13-15-17-19-21-23-25-27-29-31-33-35-37-45(49)53-41-44(42-55-57(51,52)54-40-43(48)39-47)56-46(50)38-36-34-32-30-28-26-24-22-20-18-16-14-12-10-8-6-4-2/h6,8,12,14,18,20,24,26,30,32,43-44,47-48H,3-5,7,9-11,13,15-17,19,21-23,25,27-29,31,33-42H2,1-2H3,(H,51,52)/b8-6-,14-12-,20-18-,26-24-,32-30-. The molecule has 0 saturated carbocycles. The van der Waals surface area contributed by atoms with Crippen LogP contribution in [0.2, 0.25) is 0 Å². The number of aliphatic hydroxyl groups is 2. The zero-order valence-corrected chi connectivity index (χ0v) is 36.7. The molecule has 0 aliphatic carbocycles. The minimum absolute atomic E-state index is 0.105. The summed E-state index contributed by atoms with van der Waals surface area (Å²) in [5, 5.41) is 18.3. The van der Waals surface area contributed by atoms with Crippen molar-refractivity contribution >= 4 is 19.8 Å². The largest absolute Gasteiger partial charge is 0.472 e. The molecule has 0 aliphatic heterocycles. The number of hydrogen-bond donors (Lipinski definition) is 3. The van der Waals surface area contributed by atoms with Gasteiger partial charge in [0.25, 0.3) is 0 Å². The lowest BCUT2D eigenvalue weighted by Gasteiger charge is -2.20. The third kappa shape index (κ3) is 41.6. The van der Waals surface area contributed by atoms with Gasteiger partial charge in [-0.15, -0.1) is 0 Å². The molecular weight excluding hydrogens is 743 g/mol. The van der Waals surface area contributed by atoms with Gasteiger partial charge in [0.2, 0.25) is 0 Å². The Morgan fingerprint density at radius 3 is 1.44 bits per heavy atom. The topological polar surface area (TPSA) is 149 Å². The van der Waals surface area contributed by atoms with Gasteiger partial charge in [0.05, 0.1) is 19.8 Å². The molecule has 0 bridgehead atoms. The molecule has 57 heavy (non-hydrogen) atoms. The highest BCUT2D eigenvalue weighted by atomic mass is 31.2. The minimum atomic E-state index is -4.63. The molecule has 330 valence electrons. The Hall–Kier alpha value is -2.33. The predicted octanol–water partition coefficient (Wildman–Crippen LogP) is 11.9. The maximum Gasteiger partial charge on any atom is 0.472 e. The second kappa shape index (κ2) is 41.8. The average Bonchev–Trinajstić information content (AvgIpc) is 3.20. The van der Waals surface area contributed by atoms with Crippen LogP contribution in [0.3, 0.4) is 0 Å². The molecule has 0 aromatic heterocycles. The van der Waals surface area contributed by atoms with Crippen LogP contribution in [-0.4, -0.2) is 65.7 Å². The summed E-state index contributed by atoms with van der Waals surface area (Å²) in [5.74, 6) is -0.991. The molecule has 0 amide bonds. The van der Waals surface area contributed by atoms with Crippen molar-refractivity contribution in [2.45, 2.75) is 193 Å². The van der Waals surface area contributed by atoms with Crippen molar-refractivity contribution in [2.75, 3.05) is 26.4 Å². The van der Waals surface area contributed by atoms with Crippen LogP contribution in [0.5, 0.6) is 0 Å². The number of carbonyl (C=O) groups excluding carboxylic acids is 2. The van der Waals surface area contributed by atoms with E-state index in [0.717, 1.165) is 51.4 Å². The summed E-state index contributed by atoms with van der Waals surface area (Å²) >= 11 is 0. The van der Waals surface area contributed by atoms with Crippen molar-refractivity contribution in [3.8, 4) is 0 Å². The molecule has 0 aromatic rings. The van der Waals surface area contributed by atoms with E-state index in [2.05, 4.69) is 67.0 Å². The van der Waals surface area contributed by atoms with Crippen LogP contribution in [0.1, 0.15) is 181 Å². The number of aliphatic hydroxyl groups excluding tert-OH is 2. The molecule has 0 radical (unpaired) electrons. The number of rotatable bonds is 41. The summed E-state index contributed by atoms with van der Waals surface area (Å²) in [4.78, 5) is 35.0. The maximum atomic E-state index is 12.6. The number of phosphoric ester groups is 1. The number of ether oxygens (including phenoxy) is 2. The molecule has 0 spiro atoms. The zero-order valence-electron chi connectivity index (χ0n) is 35.8. The Labute approximate surface area is 346 Å². The molecule has 10 nitrogen and oxygen atoms in total. The summed E-state index contributed by atoms with van der Waals surface area (Å²) in [7, 11) is -4.63. The highest BCUT2D eigenvalue weighted by Gasteiger charge is 2.27. The van der Waals surface area contributed by atoms with Crippen LogP contribution < -0.4 is 0 Å². The van der Waals surface area contributed by atoms with E-state index >= 15 is 0 Å². The number of carbonyl (C=O) groups is 2. The van der Waals surface area contributed by atoms with Crippen LogP contribution in [0.4, 0.5) is 0 Å². The first-order valence-electron chi connectivity index (χ1n) is 22.2. The van der Waals surface area contributed by atoms with E-state index in [0.29, 0.717) is 19.3 Å². The Kier molecular flexibility index (Phi) is 40.1. The molecule has 0 heterocycles. The third-order valence-corrected chi connectivity index (χ3v) is 10.1. The van der Waals surface area contributed by atoms with Gasteiger partial charge in [-0.05, 0) is 51.4 Å². The van der Waals surface area contributed by atoms with Gasteiger partial charge in [-0.25, -0.2) is 4.57 Å². The van der Waals surface area contributed by atoms with Crippen molar-refractivity contribution in [1.82, 2.24) is 0 Å². The lowest BCUT2D eigenvalue weighted by molar-refractivity contribution is -0.161. The lowest BCUT2D eigenvalue weighted by Crippen LogP contribution is -2.29. The van der Waals surface area contributed by atoms with Gasteiger partial charge < -0.3 is 24.6 Å². The van der Waals surface area contributed by atoms with E-state index in [1.807, 2.05) is 12.2 Å². The highest BCUT2D eigenvalue weighted by molar-refractivity contribution is 7.47. The molecule has 3 unspecified atom stereocenters. The third-order valence-electron chi connectivity index (χ3n) is 9.19. The van der Waals surface area contributed by atoms with Crippen LogP contribution >= 0.6 is 7.82 Å². The Bertz CT molecular complexity index is 1130. The quantitative estimate of drug-likeness (QED) is 0.0235. The normalized spacial score (nSPS) is 14.4. The average molecular weight is 825 g/mol.